The minimum Gasteiger partial charge on any atom is -0.496 e. The number of ether oxygens (including phenoxy) is 1. The molecule has 2 aromatic carbocycles. The normalized spacial score (nSPS) is 12.9. The first-order valence-corrected chi connectivity index (χ1v) is 10.2. The van der Waals surface area contributed by atoms with Gasteiger partial charge in [0.05, 0.1) is 18.7 Å². The highest BCUT2D eigenvalue weighted by Gasteiger charge is 2.27. The van der Waals surface area contributed by atoms with E-state index in [1.807, 2.05) is 45.0 Å². The van der Waals surface area contributed by atoms with E-state index in [-0.39, 0.29) is 23.8 Å². The zero-order chi connectivity index (χ0) is 20.7. The molecular weight excluding hydrogens is 420 g/mol. The number of halogens is 1. The number of carbonyl (C=O) groups excluding carboxylic acids is 2. The van der Waals surface area contributed by atoms with E-state index in [0.717, 1.165) is 16.5 Å². The number of para-hydroxylation sites is 1. The van der Waals surface area contributed by atoms with Crippen molar-refractivity contribution in [3.05, 3.63) is 64.1 Å². The van der Waals surface area contributed by atoms with Crippen molar-refractivity contribution < 1.29 is 14.3 Å². The van der Waals surface area contributed by atoms with E-state index in [1.165, 1.54) is 7.11 Å². The van der Waals surface area contributed by atoms with Crippen molar-refractivity contribution in [2.24, 2.45) is 5.92 Å². The average molecular weight is 447 g/mol. The van der Waals surface area contributed by atoms with Crippen LogP contribution in [0.5, 0.6) is 5.75 Å². The van der Waals surface area contributed by atoms with Crippen molar-refractivity contribution in [1.82, 2.24) is 10.6 Å². The van der Waals surface area contributed by atoms with E-state index in [4.69, 9.17) is 4.74 Å². The van der Waals surface area contributed by atoms with Crippen molar-refractivity contribution in [3.8, 4) is 5.75 Å². The largest absolute Gasteiger partial charge is 0.496 e. The summed E-state index contributed by atoms with van der Waals surface area (Å²) in [6.45, 7) is 5.84. The molecule has 0 radical (unpaired) electrons. The van der Waals surface area contributed by atoms with Crippen molar-refractivity contribution in [1.29, 1.82) is 0 Å². The number of carbonyl (C=O) groups is 2. The van der Waals surface area contributed by atoms with Gasteiger partial charge in [-0.3, -0.25) is 9.59 Å². The van der Waals surface area contributed by atoms with Gasteiger partial charge in [0.25, 0.3) is 5.91 Å². The van der Waals surface area contributed by atoms with Crippen LogP contribution in [0.2, 0.25) is 0 Å². The van der Waals surface area contributed by atoms with Gasteiger partial charge in [-0.15, -0.1) is 0 Å². The highest BCUT2D eigenvalue weighted by atomic mass is 79.9. The summed E-state index contributed by atoms with van der Waals surface area (Å²) in [6.07, 6.45) is 0.749. The van der Waals surface area contributed by atoms with Crippen LogP contribution in [-0.4, -0.2) is 25.0 Å². The molecule has 0 aromatic heterocycles. The van der Waals surface area contributed by atoms with E-state index in [1.54, 1.807) is 24.3 Å². The maximum absolute atomic E-state index is 12.9. The predicted octanol–water partition coefficient (Wildman–Crippen LogP) is 4.48. The predicted molar refractivity (Wildman–Crippen MR) is 114 cm³/mol. The van der Waals surface area contributed by atoms with Crippen LogP contribution in [0.3, 0.4) is 0 Å². The molecule has 0 heterocycles. The number of hydrogen-bond acceptors (Lipinski definition) is 3. The van der Waals surface area contributed by atoms with Crippen LogP contribution >= 0.6 is 15.9 Å². The smallest absolute Gasteiger partial charge is 0.255 e. The summed E-state index contributed by atoms with van der Waals surface area (Å²) in [6, 6.07) is 14.1. The van der Waals surface area contributed by atoms with Gasteiger partial charge in [0.2, 0.25) is 5.91 Å². The average Bonchev–Trinajstić information content (AvgIpc) is 2.70. The van der Waals surface area contributed by atoms with Gasteiger partial charge in [-0.1, -0.05) is 61.0 Å². The summed E-state index contributed by atoms with van der Waals surface area (Å²) in [4.78, 5) is 25.7. The van der Waals surface area contributed by atoms with Gasteiger partial charge in [0.15, 0.2) is 0 Å². The molecule has 0 spiro atoms. The number of nitrogens with one attached hydrogen (secondary N) is 2. The van der Waals surface area contributed by atoms with Gasteiger partial charge in [-0.05, 0) is 42.2 Å². The third-order valence-electron chi connectivity index (χ3n) is 4.58. The summed E-state index contributed by atoms with van der Waals surface area (Å²) in [5, 5.41) is 5.93. The molecular formula is C22H27BrN2O3. The van der Waals surface area contributed by atoms with Gasteiger partial charge >= 0.3 is 0 Å². The molecule has 0 saturated heterocycles. The van der Waals surface area contributed by atoms with Crippen LogP contribution in [0.15, 0.2) is 53.0 Å². The van der Waals surface area contributed by atoms with Crippen LogP contribution in [0, 0.1) is 5.92 Å². The Morgan fingerprint density at radius 2 is 1.68 bits per heavy atom. The molecule has 0 bridgehead atoms. The fraction of sp³-hybridized carbons (Fsp3) is 0.364. The van der Waals surface area contributed by atoms with E-state index in [2.05, 4.69) is 26.6 Å². The lowest BCUT2D eigenvalue weighted by Crippen LogP contribution is -2.50. The summed E-state index contributed by atoms with van der Waals surface area (Å²) < 4.78 is 6.24. The lowest BCUT2D eigenvalue weighted by molar-refractivity contribution is -0.124. The Hall–Kier alpha value is -2.34. The standard InChI is InChI=1S/C22H27BrN2O3/c1-5-18(15-10-12-16(23)13-11-15)24-22(27)20(14(2)3)25-21(26)17-8-6-7-9-19(17)28-4/h6-14,18,20H,5H2,1-4H3,(H,24,27)(H,25,26)/t18-,20-/m1/s1. The fourth-order valence-corrected chi connectivity index (χ4v) is 3.23. The van der Waals surface area contributed by atoms with E-state index < -0.39 is 6.04 Å². The number of methoxy groups -OCH3 is 1. The van der Waals surface area contributed by atoms with Gasteiger partial charge in [0.1, 0.15) is 11.8 Å². The molecule has 0 saturated carbocycles. The summed E-state index contributed by atoms with van der Waals surface area (Å²) in [5.41, 5.74) is 1.43. The van der Waals surface area contributed by atoms with Gasteiger partial charge < -0.3 is 15.4 Å². The number of amides is 2. The Bertz CT molecular complexity index is 806. The number of hydrogen-bond donors (Lipinski definition) is 2. The van der Waals surface area contributed by atoms with Crippen LogP contribution < -0.4 is 15.4 Å². The quantitative estimate of drug-likeness (QED) is 0.627. The molecule has 2 atom stereocenters. The Balaban J connectivity index is 2.14. The second-order valence-corrected chi connectivity index (χ2v) is 7.83. The van der Waals surface area contributed by atoms with Gasteiger partial charge in [-0.2, -0.15) is 0 Å². The molecule has 2 rings (SSSR count). The Labute approximate surface area is 175 Å². The van der Waals surface area contributed by atoms with Crippen LogP contribution in [0.4, 0.5) is 0 Å². The molecule has 2 aromatic rings. The zero-order valence-corrected chi connectivity index (χ0v) is 18.2. The minimum absolute atomic E-state index is 0.0684. The molecule has 6 heteroatoms. The minimum atomic E-state index is -0.651. The van der Waals surface area contributed by atoms with E-state index in [9.17, 15) is 9.59 Å². The van der Waals surface area contributed by atoms with E-state index in [0.29, 0.717) is 11.3 Å². The second kappa shape index (κ2) is 10.3. The zero-order valence-electron chi connectivity index (χ0n) is 16.7. The monoisotopic (exact) mass is 446 g/mol. The molecule has 2 amide bonds. The SMILES string of the molecule is CC[C@@H](NC(=O)[C@H](NC(=O)c1ccccc1OC)C(C)C)c1ccc(Br)cc1. The molecule has 0 fully saturated rings. The first kappa shape index (κ1) is 22.0. The highest BCUT2D eigenvalue weighted by Crippen LogP contribution is 2.21. The van der Waals surface area contributed by atoms with Crippen LogP contribution in [0.1, 0.15) is 49.2 Å². The molecule has 0 aliphatic rings. The summed E-state index contributed by atoms with van der Waals surface area (Å²) in [5.74, 6) is -0.124. The number of rotatable bonds is 8. The van der Waals surface area contributed by atoms with Crippen molar-refractivity contribution >= 4 is 27.7 Å². The van der Waals surface area contributed by atoms with Gasteiger partial charge in [-0.25, -0.2) is 0 Å². The molecule has 28 heavy (non-hydrogen) atoms. The maximum Gasteiger partial charge on any atom is 0.255 e. The van der Waals surface area contributed by atoms with Crippen LogP contribution in [0.25, 0.3) is 0 Å². The van der Waals surface area contributed by atoms with Gasteiger partial charge in [0, 0.05) is 4.47 Å². The Kier molecular flexibility index (Phi) is 8.05. The Morgan fingerprint density at radius 3 is 2.25 bits per heavy atom. The lowest BCUT2D eigenvalue weighted by atomic mass is 10.00. The molecule has 0 aliphatic heterocycles. The third kappa shape index (κ3) is 5.58. The maximum atomic E-state index is 12.9. The van der Waals surface area contributed by atoms with Crippen LogP contribution in [-0.2, 0) is 4.79 Å². The lowest BCUT2D eigenvalue weighted by Gasteiger charge is -2.25. The third-order valence-corrected chi connectivity index (χ3v) is 5.11. The highest BCUT2D eigenvalue weighted by molar-refractivity contribution is 9.10. The van der Waals surface area contributed by atoms with Crippen molar-refractivity contribution in [2.75, 3.05) is 7.11 Å². The first-order valence-electron chi connectivity index (χ1n) is 9.37. The molecule has 0 aliphatic carbocycles. The molecule has 0 unspecified atom stereocenters. The van der Waals surface area contributed by atoms with E-state index >= 15 is 0 Å². The topological polar surface area (TPSA) is 67.4 Å². The molecule has 5 nitrogen and oxygen atoms in total. The first-order chi connectivity index (χ1) is 13.4. The second-order valence-electron chi connectivity index (χ2n) is 6.92. The number of benzene rings is 2. The Morgan fingerprint density at radius 1 is 1.04 bits per heavy atom. The molecule has 2 N–H and O–H groups in total. The molecule has 150 valence electrons. The summed E-state index contributed by atoms with van der Waals surface area (Å²) in [7, 11) is 1.52. The summed E-state index contributed by atoms with van der Waals surface area (Å²) >= 11 is 3.43. The van der Waals surface area contributed by atoms with Crippen molar-refractivity contribution in [3.63, 3.8) is 0 Å². The fourth-order valence-electron chi connectivity index (χ4n) is 2.96. The van der Waals surface area contributed by atoms with Crippen molar-refractivity contribution in [2.45, 2.75) is 39.3 Å².